The Labute approximate surface area is 179 Å². The molecule has 0 radical (unpaired) electrons. The summed E-state index contributed by atoms with van der Waals surface area (Å²) >= 11 is 0. The zero-order chi connectivity index (χ0) is 22.2. The Bertz CT molecular complexity index is 1070. The zero-order valence-corrected chi connectivity index (χ0v) is 17.2. The van der Waals surface area contributed by atoms with Crippen LogP contribution in [-0.4, -0.2) is 29.3 Å². The van der Waals surface area contributed by atoms with Crippen molar-refractivity contribution in [2.75, 3.05) is 11.9 Å². The van der Waals surface area contributed by atoms with E-state index in [4.69, 9.17) is 10.2 Å². The first-order valence-corrected chi connectivity index (χ1v) is 9.89. The van der Waals surface area contributed by atoms with Gasteiger partial charge in [0.25, 0.3) is 5.91 Å². The highest BCUT2D eigenvalue weighted by Crippen LogP contribution is 2.21. The van der Waals surface area contributed by atoms with Gasteiger partial charge >= 0.3 is 0 Å². The van der Waals surface area contributed by atoms with Crippen molar-refractivity contribution in [3.8, 4) is 11.3 Å². The average Bonchev–Trinajstić information content (AvgIpc) is 3.22. The number of nitrogens with zero attached hydrogens (tertiary/aromatic N) is 1. The molecule has 0 aliphatic carbocycles. The van der Waals surface area contributed by atoms with E-state index in [1.165, 1.54) is 0 Å². The van der Waals surface area contributed by atoms with Crippen LogP contribution in [0.2, 0.25) is 0 Å². The Morgan fingerprint density at radius 2 is 1.77 bits per heavy atom. The van der Waals surface area contributed by atoms with Gasteiger partial charge < -0.3 is 20.8 Å². The van der Waals surface area contributed by atoms with Crippen LogP contribution in [0.5, 0.6) is 0 Å². The average molecular weight is 420 g/mol. The highest BCUT2D eigenvalue weighted by atomic mass is 16.4. The number of nitrogens with two attached hydrogens (primary N) is 1. The third kappa shape index (κ3) is 6.27. The summed E-state index contributed by atoms with van der Waals surface area (Å²) in [6.45, 7) is 2.14. The number of rotatable bonds is 9. The van der Waals surface area contributed by atoms with E-state index in [0.29, 0.717) is 29.3 Å². The lowest BCUT2D eigenvalue weighted by Crippen LogP contribution is -2.28. The van der Waals surface area contributed by atoms with Gasteiger partial charge in [-0.2, -0.15) is 0 Å². The van der Waals surface area contributed by atoms with E-state index in [1.54, 1.807) is 30.5 Å². The SMILES string of the molecule is Cc1ccc(-c2cnc(CCC(=O)Nc3ccccc3C(=O)NCCC(N)=O)o2)cc1. The minimum atomic E-state index is -0.501. The van der Waals surface area contributed by atoms with Crippen molar-refractivity contribution in [2.45, 2.75) is 26.2 Å². The number of nitrogens with one attached hydrogen (secondary N) is 2. The Morgan fingerprint density at radius 3 is 2.52 bits per heavy atom. The summed E-state index contributed by atoms with van der Waals surface area (Å²) in [5.74, 6) is -0.0596. The zero-order valence-electron chi connectivity index (χ0n) is 17.2. The minimum absolute atomic E-state index is 0.0426. The van der Waals surface area contributed by atoms with Crippen LogP contribution in [0.1, 0.15) is 34.7 Å². The maximum atomic E-state index is 12.4. The molecule has 0 spiro atoms. The van der Waals surface area contributed by atoms with Crippen molar-refractivity contribution >= 4 is 23.4 Å². The molecule has 0 aliphatic heterocycles. The number of carbonyl (C=O) groups is 3. The van der Waals surface area contributed by atoms with Gasteiger partial charge in [-0.25, -0.2) is 4.98 Å². The van der Waals surface area contributed by atoms with Crippen LogP contribution in [0, 0.1) is 6.92 Å². The van der Waals surface area contributed by atoms with Crippen molar-refractivity contribution in [3.05, 3.63) is 71.7 Å². The van der Waals surface area contributed by atoms with Crippen LogP contribution in [-0.2, 0) is 16.0 Å². The summed E-state index contributed by atoms with van der Waals surface area (Å²) in [5.41, 5.74) is 7.84. The predicted octanol–water partition coefficient (Wildman–Crippen LogP) is 2.83. The molecule has 0 aliphatic rings. The van der Waals surface area contributed by atoms with Crippen molar-refractivity contribution in [2.24, 2.45) is 5.73 Å². The number of para-hydroxylation sites is 1. The van der Waals surface area contributed by atoms with Crippen molar-refractivity contribution in [1.29, 1.82) is 0 Å². The Hall–Kier alpha value is -3.94. The van der Waals surface area contributed by atoms with Crippen LogP contribution in [0.4, 0.5) is 5.69 Å². The second-order valence-electron chi connectivity index (χ2n) is 7.05. The molecule has 8 heteroatoms. The number of carbonyl (C=O) groups excluding carboxylic acids is 3. The molecular weight excluding hydrogens is 396 g/mol. The van der Waals surface area contributed by atoms with E-state index in [1.807, 2.05) is 31.2 Å². The van der Waals surface area contributed by atoms with Gasteiger partial charge in [-0.05, 0) is 19.1 Å². The third-order valence-corrected chi connectivity index (χ3v) is 4.56. The normalized spacial score (nSPS) is 10.5. The number of amides is 3. The molecule has 1 aromatic heterocycles. The lowest BCUT2D eigenvalue weighted by atomic mass is 10.1. The molecule has 31 heavy (non-hydrogen) atoms. The van der Waals surface area contributed by atoms with E-state index in [9.17, 15) is 14.4 Å². The monoisotopic (exact) mass is 420 g/mol. The van der Waals surface area contributed by atoms with E-state index >= 15 is 0 Å². The number of hydrogen-bond donors (Lipinski definition) is 3. The molecule has 3 rings (SSSR count). The maximum Gasteiger partial charge on any atom is 0.253 e. The van der Waals surface area contributed by atoms with Crippen molar-refractivity contribution < 1.29 is 18.8 Å². The molecule has 0 saturated heterocycles. The molecule has 4 N–H and O–H groups in total. The highest BCUT2D eigenvalue weighted by molar-refractivity contribution is 6.03. The van der Waals surface area contributed by atoms with E-state index in [2.05, 4.69) is 15.6 Å². The number of aromatic nitrogens is 1. The summed E-state index contributed by atoms with van der Waals surface area (Å²) < 4.78 is 5.74. The van der Waals surface area contributed by atoms with Gasteiger partial charge in [-0.15, -0.1) is 0 Å². The molecule has 8 nitrogen and oxygen atoms in total. The number of aryl methyl sites for hydroxylation is 2. The number of anilines is 1. The number of primary amides is 1. The predicted molar refractivity (Wildman–Crippen MR) is 116 cm³/mol. The van der Waals surface area contributed by atoms with Crippen LogP contribution < -0.4 is 16.4 Å². The first-order valence-electron chi connectivity index (χ1n) is 9.89. The number of oxazole rings is 1. The lowest BCUT2D eigenvalue weighted by molar-refractivity contribution is -0.118. The lowest BCUT2D eigenvalue weighted by Gasteiger charge is -2.11. The Balaban J connectivity index is 1.56. The fraction of sp³-hybridized carbons (Fsp3) is 0.217. The summed E-state index contributed by atoms with van der Waals surface area (Å²) in [6, 6.07) is 14.5. The topological polar surface area (TPSA) is 127 Å². The fourth-order valence-electron chi connectivity index (χ4n) is 2.89. The Morgan fingerprint density at radius 1 is 1.03 bits per heavy atom. The van der Waals surface area contributed by atoms with E-state index in [-0.39, 0.29) is 25.3 Å². The molecular formula is C23H24N4O4. The molecule has 0 saturated carbocycles. The Kier molecular flexibility index (Phi) is 7.16. The molecule has 1 heterocycles. The molecule has 0 bridgehead atoms. The standard InChI is InChI=1S/C23H24N4O4/c1-15-6-8-16(9-7-15)19-14-26-22(31-19)11-10-21(29)27-18-5-3-2-4-17(18)23(30)25-13-12-20(24)28/h2-9,14H,10-13H2,1H3,(H2,24,28)(H,25,30)(H,27,29). The van der Waals surface area contributed by atoms with Gasteiger partial charge in [0.15, 0.2) is 11.7 Å². The van der Waals surface area contributed by atoms with E-state index in [0.717, 1.165) is 11.1 Å². The fourth-order valence-corrected chi connectivity index (χ4v) is 2.89. The molecule has 3 amide bonds. The van der Waals surface area contributed by atoms with E-state index < -0.39 is 11.8 Å². The minimum Gasteiger partial charge on any atom is -0.441 e. The van der Waals surface area contributed by atoms with Gasteiger partial charge in [-0.3, -0.25) is 14.4 Å². The second kappa shape index (κ2) is 10.2. The summed E-state index contributed by atoms with van der Waals surface area (Å²) in [6.07, 6.45) is 2.15. The first-order chi connectivity index (χ1) is 14.9. The molecule has 0 atom stereocenters. The molecule has 160 valence electrons. The summed E-state index contributed by atoms with van der Waals surface area (Å²) in [4.78, 5) is 39.8. The molecule has 3 aromatic rings. The van der Waals surface area contributed by atoms with Crippen LogP contribution >= 0.6 is 0 Å². The third-order valence-electron chi connectivity index (χ3n) is 4.56. The number of hydrogen-bond acceptors (Lipinski definition) is 5. The van der Waals surface area contributed by atoms with Crippen LogP contribution in [0.3, 0.4) is 0 Å². The van der Waals surface area contributed by atoms with Crippen LogP contribution in [0.25, 0.3) is 11.3 Å². The van der Waals surface area contributed by atoms with Gasteiger partial charge in [-0.1, -0.05) is 42.0 Å². The van der Waals surface area contributed by atoms with Gasteiger partial charge in [0, 0.05) is 31.4 Å². The van der Waals surface area contributed by atoms with Crippen molar-refractivity contribution in [1.82, 2.24) is 10.3 Å². The highest BCUT2D eigenvalue weighted by Gasteiger charge is 2.14. The summed E-state index contributed by atoms with van der Waals surface area (Å²) in [7, 11) is 0. The largest absolute Gasteiger partial charge is 0.441 e. The second-order valence-corrected chi connectivity index (χ2v) is 7.05. The maximum absolute atomic E-state index is 12.4. The first kappa shape index (κ1) is 21.8. The summed E-state index contributed by atoms with van der Waals surface area (Å²) in [5, 5.41) is 5.35. The molecule has 0 unspecified atom stereocenters. The van der Waals surface area contributed by atoms with Crippen molar-refractivity contribution in [3.63, 3.8) is 0 Å². The van der Waals surface area contributed by atoms with Crippen LogP contribution in [0.15, 0.2) is 59.1 Å². The van der Waals surface area contributed by atoms with Gasteiger partial charge in [0.1, 0.15) is 0 Å². The quantitative estimate of drug-likeness (QED) is 0.490. The molecule has 0 fully saturated rings. The van der Waals surface area contributed by atoms with Gasteiger partial charge in [0.05, 0.1) is 17.4 Å². The van der Waals surface area contributed by atoms with Gasteiger partial charge in [0.2, 0.25) is 11.8 Å². The number of benzene rings is 2. The smallest absolute Gasteiger partial charge is 0.253 e. The molecule has 2 aromatic carbocycles.